The first-order chi connectivity index (χ1) is 11.8. The van der Waals surface area contributed by atoms with Crippen LogP contribution in [-0.2, 0) is 12.9 Å². The molecule has 132 valence electrons. The molecule has 0 saturated carbocycles. The van der Waals surface area contributed by atoms with Crippen LogP contribution in [0.1, 0.15) is 17.0 Å². The Morgan fingerprint density at radius 1 is 1.24 bits per heavy atom. The zero-order valence-electron chi connectivity index (χ0n) is 13.2. The fraction of sp³-hybridized carbons (Fsp3) is 0.250. The molecule has 2 heterocycles. The number of nitrogens with one attached hydrogen (secondary N) is 1. The van der Waals surface area contributed by atoms with Crippen LogP contribution in [0.25, 0.3) is 16.6 Å². The van der Waals surface area contributed by atoms with Crippen molar-refractivity contribution in [2.45, 2.75) is 19.8 Å². The second-order valence-electron chi connectivity index (χ2n) is 5.43. The van der Waals surface area contributed by atoms with Gasteiger partial charge in [-0.1, -0.05) is 11.6 Å². The molecule has 0 unspecified atom stereocenters. The molecule has 0 aliphatic heterocycles. The molecule has 3 rings (SSSR count). The minimum Gasteiger partial charge on any atom is -0.372 e. The molecule has 0 aliphatic rings. The Balaban J connectivity index is 2.39. The van der Waals surface area contributed by atoms with Crippen LogP contribution in [0.15, 0.2) is 24.3 Å². The Hall–Kier alpha value is -2.35. The van der Waals surface area contributed by atoms with Crippen LogP contribution in [0.3, 0.4) is 0 Å². The monoisotopic (exact) mass is 372 g/mol. The highest BCUT2D eigenvalue weighted by molar-refractivity contribution is 6.30. The van der Waals surface area contributed by atoms with Gasteiger partial charge in [0.1, 0.15) is 12.5 Å². The van der Waals surface area contributed by atoms with E-state index in [1.165, 1.54) is 17.8 Å². The van der Waals surface area contributed by atoms with Crippen molar-refractivity contribution < 1.29 is 17.6 Å². The lowest BCUT2D eigenvalue weighted by molar-refractivity contribution is -0.139. The summed E-state index contributed by atoms with van der Waals surface area (Å²) in [6.45, 7) is 0.656. The molecule has 0 spiro atoms. The molecule has 9 heteroatoms. The van der Waals surface area contributed by atoms with E-state index in [-0.39, 0.29) is 22.4 Å². The quantitative estimate of drug-likeness (QED) is 0.664. The summed E-state index contributed by atoms with van der Waals surface area (Å²) in [5.74, 6) is 0.116. The Kier molecular flexibility index (Phi) is 4.32. The lowest BCUT2D eigenvalue weighted by atomic mass is 10.2. The van der Waals surface area contributed by atoms with Crippen molar-refractivity contribution in [3.63, 3.8) is 0 Å². The van der Waals surface area contributed by atoms with Crippen molar-refractivity contribution in [3.05, 3.63) is 46.2 Å². The molecule has 0 atom stereocenters. The summed E-state index contributed by atoms with van der Waals surface area (Å²) in [5, 5.41) is 7.27. The number of nitrogens with zero attached hydrogens (tertiary/aromatic N) is 3. The molecule has 0 saturated heterocycles. The number of alkyl halides is 4. The van der Waals surface area contributed by atoms with Gasteiger partial charge in [0.25, 0.3) is 0 Å². The smallest absolute Gasteiger partial charge is 0.372 e. The summed E-state index contributed by atoms with van der Waals surface area (Å²) >= 11 is 5.94. The summed E-state index contributed by atoms with van der Waals surface area (Å²) in [5.41, 5.74) is -0.197. The topological polar surface area (TPSA) is 42.7 Å². The molecule has 25 heavy (non-hydrogen) atoms. The fourth-order valence-electron chi connectivity index (χ4n) is 2.69. The molecule has 0 amide bonds. The molecule has 0 fully saturated rings. The molecular formula is C16H13ClF4N4. The van der Waals surface area contributed by atoms with Gasteiger partial charge in [-0.2, -0.15) is 18.3 Å². The highest BCUT2D eigenvalue weighted by Gasteiger charge is 2.37. The minimum atomic E-state index is -4.74. The van der Waals surface area contributed by atoms with Crippen LogP contribution in [0.5, 0.6) is 0 Å². The highest BCUT2D eigenvalue weighted by Crippen LogP contribution is 2.38. The van der Waals surface area contributed by atoms with Gasteiger partial charge in [-0.3, -0.25) is 0 Å². The third-order valence-electron chi connectivity index (χ3n) is 3.74. The van der Waals surface area contributed by atoms with Crippen LogP contribution >= 0.6 is 11.6 Å². The van der Waals surface area contributed by atoms with Gasteiger partial charge in [-0.25, -0.2) is 14.1 Å². The molecule has 0 aliphatic carbocycles. The molecule has 2 aromatic heterocycles. The van der Waals surface area contributed by atoms with Gasteiger partial charge < -0.3 is 5.32 Å². The standard InChI is InChI=1S/C16H13ClF4N4/c1-8-5-9(17)3-4-12(8)25-15(22-2)13-11(24-25)6-10(7-18)23-14(13)16(19,20)21/h3-6,22H,7H2,1-2H3. The average Bonchev–Trinajstić information content (AvgIpc) is 2.90. The number of fused-ring (bicyclic) bond motifs is 1. The number of benzene rings is 1. The number of hydrogen-bond donors (Lipinski definition) is 1. The van der Waals surface area contributed by atoms with E-state index in [1.807, 2.05) is 0 Å². The molecule has 0 radical (unpaired) electrons. The maximum Gasteiger partial charge on any atom is 0.434 e. The van der Waals surface area contributed by atoms with Crippen molar-refractivity contribution in [3.8, 4) is 5.69 Å². The number of pyridine rings is 1. The van der Waals surface area contributed by atoms with E-state index < -0.39 is 18.5 Å². The predicted molar refractivity (Wildman–Crippen MR) is 88.0 cm³/mol. The van der Waals surface area contributed by atoms with E-state index in [9.17, 15) is 17.6 Å². The first kappa shape index (κ1) is 17.5. The Morgan fingerprint density at radius 2 is 1.96 bits per heavy atom. The summed E-state index contributed by atoms with van der Waals surface area (Å²) in [6.07, 6.45) is -4.74. The zero-order chi connectivity index (χ0) is 18.4. The van der Waals surface area contributed by atoms with E-state index in [4.69, 9.17) is 11.6 Å². The molecule has 0 bridgehead atoms. The second-order valence-corrected chi connectivity index (χ2v) is 5.87. The van der Waals surface area contributed by atoms with E-state index in [0.717, 1.165) is 5.56 Å². The summed E-state index contributed by atoms with van der Waals surface area (Å²) in [7, 11) is 1.49. The Labute approximate surface area is 145 Å². The number of aromatic nitrogens is 3. The maximum atomic E-state index is 13.4. The van der Waals surface area contributed by atoms with Gasteiger partial charge in [0.2, 0.25) is 0 Å². The van der Waals surface area contributed by atoms with Crippen LogP contribution in [0.2, 0.25) is 5.02 Å². The van der Waals surface area contributed by atoms with Crippen LogP contribution in [-0.4, -0.2) is 21.8 Å². The highest BCUT2D eigenvalue weighted by atomic mass is 35.5. The number of halogens is 5. The van der Waals surface area contributed by atoms with Crippen molar-refractivity contribution >= 4 is 28.3 Å². The SMILES string of the molecule is CNc1c2c(C(F)(F)F)nc(CF)cc2nn1-c1ccc(Cl)cc1C. The largest absolute Gasteiger partial charge is 0.434 e. The minimum absolute atomic E-state index is 0.00803. The average molecular weight is 373 g/mol. The van der Waals surface area contributed by atoms with E-state index >= 15 is 0 Å². The van der Waals surface area contributed by atoms with Crippen molar-refractivity contribution in [2.24, 2.45) is 0 Å². The van der Waals surface area contributed by atoms with E-state index in [1.54, 1.807) is 25.1 Å². The second kappa shape index (κ2) is 6.18. The third kappa shape index (κ3) is 3.02. The summed E-state index contributed by atoms with van der Waals surface area (Å²) in [6, 6.07) is 6.17. The third-order valence-corrected chi connectivity index (χ3v) is 3.97. The lowest BCUT2D eigenvalue weighted by Gasteiger charge is -2.12. The number of aryl methyl sites for hydroxylation is 1. The number of hydrogen-bond acceptors (Lipinski definition) is 3. The Bertz CT molecular complexity index is 949. The van der Waals surface area contributed by atoms with Crippen LogP contribution in [0, 0.1) is 6.92 Å². The van der Waals surface area contributed by atoms with Crippen molar-refractivity contribution in [2.75, 3.05) is 12.4 Å². The Morgan fingerprint density at radius 3 is 2.52 bits per heavy atom. The molecule has 1 aromatic carbocycles. The van der Waals surface area contributed by atoms with Gasteiger partial charge in [0, 0.05) is 12.1 Å². The van der Waals surface area contributed by atoms with Crippen LogP contribution in [0.4, 0.5) is 23.4 Å². The van der Waals surface area contributed by atoms with Gasteiger partial charge in [0.15, 0.2) is 5.69 Å². The van der Waals surface area contributed by atoms with Gasteiger partial charge >= 0.3 is 6.18 Å². The first-order valence-corrected chi connectivity index (χ1v) is 7.64. The summed E-state index contributed by atoms with van der Waals surface area (Å²) in [4.78, 5) is 3.43. The molecule has 3 aromatic rings. The van der Waals surface area contributed by atoms with E-state index in [2.05, 4.69) is 15.4 Å². The first-order valence-electron chi connectivity index (χ1n) is 7.26. The molecule has 1 N–H and O–H groups in total. The molecular weight excluding hydrogens is 360 g/mol. The number of anilines is 1. The van der Waals surface area contributed by atoms with Gasteiger partial charge in [0.05, 0.1) is 22.3 Å². The molecule has 4 nitrogen and oxygen atoms in total. The van der Waals surface area contributed by atoms with Gasteiger partial charge in [-0.15, -0.1) is 0 Å². The zero-order valence-corrected chi connectivity index (χ0v) is 14.0. The maximum absolute atomic E-state index is 13.4. The van der Waals surface area contributed by atoms with Crippen molar-refractivity contribution in [1.29, 1.82) is 0 Å². The van der Waals surface area contributed by atoms with Crippen LogP contribution < -0.4 is 5.32 Å². The van der Waals surface area contributed by atoms with Gasteiger partial charge in [-0.05, 0) is 36.8 Å². The summed E-state index contributed by atoms with van der Waals surface area (Å²) < 4.78 is 54.6. The van der Waals surface area contributed by atoms with E-state index in [0.29, 0.717) is 10.7 Å². The normalized spacial score (nSPS) is 12.0. The predicted octanol–water partition coefficient (Wildman–Crippen LogP) is 4.91. The van der Waals surface area contributed by atoms with Crippen molar-refractivity contribution in [1.82, 2.24) is 14.8 Å². The number of rotatable bonds is 3. The lowest BCUT2D eigenvalue weighted by Crippen LogP contribution is -2.11. The fourth-order valence-corrected chi connectivity index (χ4v) is 2.92.